The molecule has 1 amide bonds. The normalized spacial score (nSPS) is 25.3. The molecular formula is C19H24N4O3. The van der Waals surface area contributed by atoms with E-state index in [0.29, 0.717) is 30.4 Å². The van der Waals surface area contributed by atoms with E-state index in [-0.39, 0.29) is 18.4 Å². The minimum Gasteiger partial charge on any atom is -0.377 e. The molecule has 4 rings (SSSR count). The summed E-state index contributed by atoms with van der Waals surface area (Å²) in [5.74, 6) is 0.978. The number of carbonyl (C=O) groups excluding carboxylic acids is 1. The summed E-state index contributed by atoms with van der Waals surface area (Å²) in [4.78, 5) is 19.5. The van der Waals surface area contributed by atoms with E-state index in [4.69, 9.17) is 9.26 Å². The Balaban J connectivity index is 1.41. The number of amides is 1. The van der Waals surface area contributed by atoms with E-state index < -0.39 is 0 Å². The first kappa shape index (κ1) is 17.2. The molecular weight excluding hydrogens is 332 g/mol. The number of hydrogen-bond donors (Lipinski definition) is 1. The van der Waals surface area contributed by atoms with Gasteiger partial charge >= 0.3 is 0 Å². The summed E-state index contributed by atoms with van der Waals surface area (Å²) in [5.41, 5.74) is 1.30. The molecule has 1 aromatic carbocycles. The summed E-state index contributed by atoms with van der Waals surface area (Å²) < 4.78 is 10.1. The van der Waals surface area contributed by atoms with E-state index in [1.165, 1.54) is 5.56 Å². The van der Waals surface area contributed by atoms with Gasteiger partial charge in [-0.25, -0.2) is 0 Å². The number of carbonyl (C=O) groups is 1. The number of methoxy groups -OCH3 is 1. The first-order chi connectivity index (χ1) is 12.8. The van der Waals surface area contributed by atoms with Crippen molar-refractivity contribution in [1.82, 2.24) is 20.4 Å². The Kier molecular flexibility index (Phi) is 4.99. The van der Waals surface area contributed by atoms with Gasteiger partial charge in [0, 0.05) is 19.2 Å². The molecule has 0 radical (unpaired) electrons. The summed E-state index contributed by atoms with van der Waals surface area (Å²) in [6.45, 7) is 1.63. The van der Waals surface area contributed by atoms with Gasteiger partial charge in [0.1, 0.15) is 6.61 Å². The van der Waals surface area contributed by atoms with E-state index in [0.717, 1.165) is 25.8 Å². The van der Waals surface area contributed by atoms with Crippen molar-refractivity contribution in [3.05, 3.63) is 47.6 Å². The van der Waals surface area contributed by atoms with Gasteiger partial charge in [0.2, 0.25) is 11.8 Å². The smallest absolute Gasteiger partial charge is 0.246 e. The molecule has 1 N–H and O–H groups in total. The molecule has 2 saturated heterocycles. The van der Waals surface area contributed by atoms with Crippen molar-refractivity contribution in [3.8, 4) is 0 Å². The van der Waals surface area contributed by atoms with Gasteiger partial charge < -0.3 is 14.6 Å². The first-order valence-corrected chi connectivity index (χ1v) is 9.15. The lowest BCUT2D eigenvalue weighted by Gasteiger charge is -2.24. The molecule has 2 fully saturated rings. The minimum atomic E-state index is 0.00377. The van der Waals surface area contributed by atoms with Crippen LogP contribution >= 0.6 is 0 Å². The molecule has 2 aliphatic rings. The van der Waals surface area contributed by atoms with Crippen LogP contribution in [0.5, 0.6) is 0 Å². The van der Waals surface area contributed by atoms with Crippen molar-refractivity contribution in [2.75, 3.05) is 13.7 Å². The molecule has 3 heterocycles. The zero-order chi connectivity index (χ0) is 17.9. The van der Waals surface area contributed by atoms with Crippen LogP contribution in [0.25, 0.3) is 0 Å². The van der Waals surface area contributed by atoms with Crippen LogP contribution in [0.15, 0.2) is 34.9 Å². The van der Waals surface area contributed by atoms with Crippen LogP contribution < -0.4 is 5.32 Å². The second kappa shape index (κ2) is 7.55. The summed E-state index contributed by atoms with van der Waals surface area (Å²) in [7, 11) is 1.58. The quantitative estimate of drug-likeness (QED) is 0.853. The maximum atomic E-state index is 12.8. The maximum Gasteiger partial charge on any atom is 0.246 e. The molecule has 26 heavy (non-hydrogen) atoms. The highest BCUT2D eigenvalue weighted by atomic mass is 16.5. The monoisotopic (exact) mass is 356 g/mol. The molecule has 138 valence electrons. The van der Waals surface area contributed by atoms with Gasteiger partial charge in [0.05, 0.1) is 12.5 Å². The third-order valence-corrected chi connectivity index (χ3v) is 5.40. The van der Waals surface area contributed by atoms with Crippen LogP contribution in [0.3, 0.4) is 0 Å². The number of fused-ring (bicyclic) bond motifs is 1. The third-order valence-electron chi connectivity index (χ3n) is 5.40. The highest BCUT2D eigenvalue weighted by Crippen LogP contribution is 2.44. The van der Waals surface area contributed by atoms with Crippen molar-refractivity contribution in [2.45, 2.75) is 44.5 Å². The van der Waals surface area contributed by atoms with E-state index in [9.17, 15) is 4.79 Å². The van der Waals surface area contributed by atoms with Crippen LogP contribution in [0.4, 0.5) is 0 Å². The van der Waals surface area contributed by atoms with Crippen LogP contribution in [-0.4, -0.2) is 40.6 Å². The fourth-order valence-corrected chi connectivity index (χ4v) is 4.29. The molecule has 0 aliphatic carbocycles. The number of hydrogen-bond acceptors (Lipinski definition) is 6. The van der Waals surface area contributed by atoms with Gasteiger partial charge in [-0.3, -0.25) is 9.69 Å². The first-order valence-electron chi connectivity index (χ1n) is 9.15. The van der Waals surface area contributed by atoms with Gasteiger partial charge in [0.15, 0.2) is 5.82 Å². The Labute approximate surface area is 152 Å². The number of ether oxygens (including phenoxy) is 1. The maximum absolute atomic E-state index is 12.8. The standard InChI is InChI=1S/C19H24N4O3/c1-25-12-17-21-18(26-22-17)11-20-19(24)14-10-16(13-6-3-2-4-7-13)23-9-5-8-15(14)23/h2-4,6-7,14-16H,5,8-12H2,1H3,(H,20,24)/t14-,15+,16-/m1/s1. The summed E-state index contributed by atoms with van der Waals surface area (Å²) in [6.07, 6.45) is 3.10. The number of nitrogens with one attached hydrogen (secondary N) is 1. The zero-order valence-electron chi connectivity index (χ0n) is 14.9. The predicted molar refractivity (Wildman–Crippen MR) is 93.9 cm³/mol. The molecule has 0 saturated carbocycles. The van der Waals surface area contributed by atoms with E-state index in [2.05, 4.69) is 44.6 Å². The molecule has 2 aliphatic heterocycles. The highest BCUT2D eigenvalue weighted by Gasteiger charge is 2.46. The summed E-state index contributed by atoms with van der Waals surface area (Å²) in [5, 5.41) is 6.79. The molecule has 2 aromatic rings. The van der Waals surface area contributed by atoms with Gasteiger partial charge in [-0.1, -0.05) is 35.5 Å². The fraction of sp³-hybridized carbons (Fsp3) is 0.526. The SMILES string of the molecule is COCc1noc(CNC(=O)[C@@H]2C[C@H](c3ccccc3)N3CCC[C@@H]23)n1. The Hall–Kier alpha value is -2.25. The number of nitrogens with zero attached hydrogens (tertiary/aromatic N) is 3. The lowest BCUT2D eigenvalue weighted by molar-refractivity contribution is -0.125. The zero-order valence-corrected chi connectivity index (χ0v) is 14.9. The molecule has 0 spiro atoms. The lowest BCUT2D eigenvalue weighted by atomic mass is 9.93. The highest BCUT2D eigenvalue weighted by molar-refractivity contribution is 5.80. The second-order valence-electron chi connectivity index (χ2n) is 6.97. The largest absolute Gasteiger partial charge is 0.377 e. The summed E-state index contributed by atoms with van der Waals surface area (Å²) in [6, 6.07) is 11.2. The molecule has 0 unspecified atom stereocenters. The van der Waals surface area contributed by atoms with Crippen molar-refractivity contribution in [1.29, 1.82) is 0 Å². The second-order valence-corrected chi connectivity index (χ2v) is 6.97. The average Bonchev–Trinajstić information content (AvgIpc) is 3.37. The van der Waals surface area contributed by atoms with Gasteiger partial charge in [-0.2, -0.15) is 4.98 Å². The Morgan fingerprint density at radius 3 is 3.04 bits per heavy atom. The van der Waals surface area contributed by atoms with Crippen LogP contribution in [0.1, 0.15) is 42.6 Å². The molecule has 3 atom stereocenters. The van der Waals surface area contributed by atoms with Gasteiger partial charge in [-0.15, -0.1) is 0 Å². The van der Waals surface area contributed by atoms with E-state index >= 15 is 0 Å². The van der Waals surface area contributed by atoms with Crippen LogP contribution in [-0.2, 0) is 22.7 Å². The third kappa shape index (κ3) is 3.37. The predicted octanol–water partition coefficient (Wildman–Crippen LogP) is 2.06. The minimum absolute atomic E-state index is 0.00377. The van der Waals surface area contributed by atoms with Gasteiger partial charge in [0.25, 0.3) is 0 Å². The van der Waals surface area contributed by atoms with Crippen molar-refractivity contribution in [3.63, 3.8) is 0 Å². The molecule has 0 bridgehead atoms. The van der Waals surface area contributed by atoms with Gasteiger partial charge in [-0.05, 0) is 31.4 Å². The van der Waals surface area contributed by atoms with Crippen LogP contribution in [0.2, 0.25) is 0 Å². The van der Waals surface area contributed by atoms with Crippen molar-refractivity contribution in [2.24, 2.45) is 5.92 Å². The number of rotatable bonds is 6. The fourth-order valence-electron chi connectivity index (χ4n) is 4.29. The molecule has 1 aromatic heterocycles. The van der Waals surface area contributed by atoms with E-state index in [1.807, 2.05) is 6.07 Å². The van der Waals surface area contributed by atoms with Crippen molar-refractivity contribution >= 4 is 5.91 Å². The van der Waals surface area contributed by atoms with Crippen LogP contribution in [0, 0.1) is 5.92 Å². The van der Waals surface area contributed by atoms with E-state index in [1.54, 1.807) is 7.11 Å². The Bertz CT molecular complexity index is 748. The summed E-state index contributed by atoms with van der Waals surface area (Å²) >= 11 is 0. The lowest BCUT2D eigenvalue weighted by Crippen LogP contribution is -2.37. The number of benzene rings is 1. The molecule has 7 heteroatoms. The number of aromatic nitrogens is 2. The topological polar surface area (TPSA) is 80.5 Å². The van der Waals surface area contributed by atoms with Crippen molar-refractivity contribution < 1.29 is 14.1 Å². The Morgan fingerprint density at radius 1 is 1.38 bits per heavy atom. The average molecular weight is 356 g/mol. The molecule has 7 nitrogen and oxygen atoms in total. The Morgan fingerprint density at radius 2 is 2.23 bits per heavy atom.